The van der Waals surface area contributed by atoms with Crippen LogP contribution in [0.25, 0.3) is 16.9 Å². The first-order chi connectivity index (χ1) is 13.2. The maximum atomic E-state index is 12.0. The molecule has 0 aliphatic heterocycles. The fraction of sp³-hybridized carbons (Fsp3) is 0.100. The number of hydrogen-bond acceptors (Lipinski definition) is 5. The third-order valence-corrected chi connectivity index (χ3v) is 3.95. The van der Waals surface area contributed by atoms with Crippen molar-refractivity contribution in [2.45, 2.75) is 6.92 Å². The molecule has 7 heteroatoms. The number of nitrogens with one attached hydrogen (secondary N) is 1. The Balaban J connectivity index is 1.41. The molecule has 4 rings (SSSR count). The first-order valence-electron chi connectivity index (χ1n) is 8.43. The molecule has 3 aromatic heterocycles. The first kappa shape index (κ1) is 16.7. The van der Waals surface area contributed by atoms with Gasteiger partial charge < -0.3 is 14.5 Å². The summed E-state index contributed by atoms with van der Waals surface area (Å²) in [6.45, 7) is 1.89. The van der Waals surface area contributed by atoms with Crippen LogP contribution in [0.2, 0.25) is 0 Å². The van der Waals surface area contributed by atoms with Crippen molar-refractivity contribution < 1.29 is 9.53 Å². The van der Waals surface area contributed by atoms with Crippen molar-refractivity contribution in [2.24, 2.45) is 0 Å². The van der Waals surface area contributed by atoms with E-state index in [2.05, 4.69) is 20.3 Å². The van der Waals surface area contributed by atoms with E-state index in [1.165, 1.54) is 5.56 Å². The minimum atomic E-state index is -0.279. The Hall–Kier alpha value is -3.74. The average Bonchev–Trinajstić information content (AvgIpc) is 3.11. The lowest BCUT2D eigenvalue weighted by Crippen LogP contribution is -2.20. The van der Waals surface area contributed by atoms with Crippen LogP contribution in [0, 0.1) is 6.92 Å². The molecule has 3 heterocycles. The Morgan fingerprint density at radius 1 is 1.15 bits per heavy atom. The molecule has 0 unspecified atom stereocenters. The van der Waals surface area contributed by atoms with Crippen LogP contribution in [-0.4, -0.2) is 31.9 Å². The number of aryl methyl sites for hydroxylation is 1. The lowest BCUT2D eigenvalue weighted by molar-refractivity contribution is -0.118. The Kier molecular flexibility index (Phi) is 4.49. The van der Waals surface area contributed by atoms with Gasteiger partial charge in [0.15, 0.2) is 6.61 Å². The van der Waals surface area contributed by atoms with Crippen LogP contribution in [0.5, 0.6) is 6.01 Å². The minimum Gasteiger partial charge on any atom is -0.453 e. The number of ether oxygens (including phenoxy) is 1. The van der Waals surface area contributed by atoms with E-state index in [1.807, 2.05) is 60.1 Å². The van der Waals surface area contributed by atoms with Crippen LogP contribution in [0.4, 0.5) is 5.69 Å². The van der Waals surface area contributed by atoms with Gasteiger partial charge >= 0.3 is 6.01 Å². The van der Waals surface area contributed by atoms with Crippen LogP contribution in [0.3, 0.4) is 0 Å². The van der Waals surface area contributed by atoms with Crippen LogP contribution >= 0.6 is 0 Å². The van der Waals surface area contributed by atoms with E-state index in [0.29, 0.717) is 5.69 Å². The number of pyridine rings is 1. The summed E-state index contributed by atoms with van der Waals surface area (Å²) in [5.41, 5.74) is 4.61. The number of fused-ring (bicyclic) bond motifs is 1. The zero-order valence-corrected chi connectivity index (χ0v) is 14.7. The van der Waals surface area contributed by atoms with Gasteiger partial charge in [0.05, 0.1) is 5.69 Å². The minimum absolute atomic E-state index is 0.155. The second kappa shape index (κ2) is 7.25. The molecule has 1 aromatic carbocycles. The zero-order valence-electron chi connectivity index (χ0n) is 14.7. The van der Waals surface area contributed by atoms with Crippen molar-refractivity contribution in [1.82, 2.24) is 19.4 Å². The molecule has 0 atom stereocenters. The summed E-state index contributed by atoms with van der Waals surface area (Å²) >= 11 is 0. The highest BCUT2D eigenvalue weighted by molar-refractivity contribution is 5.92. The molecule has 0 bridgehead atoms. The van der Waals surface area contributed by atoms with Gasteiger partial charge in [0.25, 0.3) is 5.91 Å². The molecule has 7 nitrogen and oxygen atoms in total. The van der Waals surface area contributed by atoms with E-state index >= 15 is 0 Å². The Morgan fingerprint density at radius 3 is 2.70 bits per heavy atom. The standard InChI is InChI=1S/C20H17N5O2/c1-14-7-10-25-12-17(24-18(25)11-14)15-3-5-16(6-4-15)23-19(26)13-27-20-21-8-2-9-22-20/h2-12H,13H2,1H3,(H,23,26). The third-order valence-electron chi connectivity index (χ3n) is 3.95. The van der Waals surface area contributed by atoms with Crippen molar-refractivity contribution in [3.63, 3.8) is 0 Å². The molecule has 1 amide bonds. The number of carbonyl (C=O) groups excluding carboxylic acids is 1. The Labute approximate surface area is 155 Å². The maximum Gasteiger partial charge on any atom is 0.316 e. The van der Waals surface area contributed by atoms with Crippen molar-refractivity contribution in [3.8, 4) is 17.3 Å². The largest absolute Gasteiger partial charge is 0.453 e. The van der Waals surface area contributed by atoms with E-state index in [9.17, 15) is 4.79 Å². The van der Waals surface area contributed by atoms with Crippen LogP contribution < -0.4 is 10.1 Å². The average molecular weight is 359 g/mol. The number of benzene rings is 1. The molecule has 0 aliphatic carbocycles. The predicted octanol–water partition coefficient (Wildman–Crippen LogP) is 3.12. The molecule has 0 fully saturated rings. The van der Waals surface area contributed by atoms with Gasteiger partial charge in [0, 0.05) is 36.0 Å². The number of anilines is 1. The second-order valence-electron chi connectivity index (χ2n) is 6.04. The molecule has 27 heavy (non-hydrogen) atoms. The van der Waals surface area contributed by atoms with Gasteiger partial charge in [-0.2, -0.15) is 0 Å². The zero-order chi connectivity index (χ0) is 18.6. The third kappa shape index (κ3) is 3.92. The van der Waals surface area contributed by atoms with Gasteiger partial charge in [0.2, 0.25) is 0 Å². The quantitative estimate of drug-likeness (QED) is 0.592. The summed E-state index contributed by atoms with van der Waals surface area (Å²) < 4.78 is 7.22. The number of imidazole rings is 1. The van der Waals surface area contributed by atoms with E-state index in [-0.39, 0.29) is 18.5 Å². The highest BCUT2D eigenvalue weighted by Gasteiger charge is 2.07. The summed E-state index contributed by atoms with van der Waals surface area (Å²) in [6, 6.07) is 13.4. The second-order valence-corrected chi connectivity index (χ2v) is 6.04. The van der Waals surface area contributed by atoms with Gasteiger partial charge in [0.1, 0.15) is 5.65 Å². The van der Waals surface area contributed by atoms with Gasteiger partial charge in [-0.3, -0.25) is 4.79 Å². The Morgan fingerprint density at radius 2 is 1.93 bits per heavy atom. The lowest BCUT2D eigenvalue weighted by atomic mass is 10.1. The SMILES string of the molecule is Cc1ccn2cc(-c3ccc(NC(=O)COc4ncccn4)cc3)nc2c1. The number of amides is 1. The predicted molar refractivity (Wildman–Crippen MR) is 102 cm³/mol. The van der Waals surface area contributed by atoms with Crippen LogP contribution in [0.1, 0.15) is 5.56 Å². The number of rotatable bonds is 5. The smallest absolute Gasteiger partial charge is 0.316 e. The van der Waals surface area contributed by atoms with E-state index in [0.717, 1.165) is 16.9 Å². The van der Waals surface area contributed by atoms with Gasteiger partial charge in [-0.05, 0) is 42.8 Å². The van der Waals surface area contributed by atoms with Crippen LogP contribution in [-0.2, 0) is 4.79 Å². The topological polar surface area (TPSA) is 81.4 Å². The van der Waals surface area contributed by atoms with Gasteiger partial charge in [-0.15, -0.1) is 0 Å². The molecule has 0 spiro atoms. The van der Waals surface area contributed by atoms with Gasteiger partial charge in [-0.25, -0.2) is 15.0 Å². The van der Waals surface area contributed by atoms with E-state index in [4.69, 9.17) is 4.74 Å². The Bertz CT molecular complexity index is 1070. The number of carbonyl (C=O) groups is 1. The normalized spacial score (nSPS) is 10.7. The molecule has 0 saturated carbocycles. The highest BCUT2D eigenvalue weighted by atomic mass is 16.5. The fourth-order valence-electron chi connectivity index (χ4n) is 2.63. The monoisotopic (exact) mass is 359 g/mol. The van der Waals surface area contributed by atoms with Crippen molar-refractivity contribution >= 4 is 17.2 Å². The molecular weight excluding hydrogens is 342 g/mol. The summed E-state index contributed by atoms with van der Waals surface area (Å²) in [5.74, 6) is -0.279. The fourth-order valence-corrected chi connectivity index (χ4v) is 2.63. The number of nitrogens with zero attached hydrogens (tertiary/aromatic N) is 4. The maximum absolute atomic E-state index is 12.0. The first-order valence-corrected chi connectivity index (χ1v) is 8.43. The van der Waals surface area contributed by atoms with Gasteiger partial charge in [-0.1, -0.05) is 12.1 Å². The number of hydrogen-bond donors (Lipinski definition) is 1. The molecule has 0 saturated heterocycles. The summed E-state index contributed by atoms with van der Waals surface area (Å²) in [6.07, 6.45) is 7.08. The van der Waals surface area contributed by atoms with Crippen LogP contribution in [0.15, 0.2) is 67.3 Å². The van der Waals surface area contributed by atoms with E-state index in [1.54, 1.807) is 18.5 Å². The van der Waals surface area contributed by atoms with Crippen molar-refractivity contribution in [3.05, 3.63) is 72.8 Å². The molecule has 1 N–H and O–H groups in total. The number of aromatic nitrogens is 4. The molecule has 0 aliphatic rings. The summed E-state index contributed by atoms with van der Waals surface area (Å²) in [7, 11) is 0. The molecule has 0 radical (unpaired) electrons. The summed E-state index contributed by atoms with van der Waals surface area (Å²) in [4.78, 5) is 24.4. The molecule has 4 aromatic rings. The summed E-state index contributed by atoms with van der Waals surface area (Å²) in [5, 5.41) is 2.78. The molecule has 134 valence electrons. The highest BCUT2D eigenvalue weighted by Crippen LogP contribution is 2.21. The van der Waals surface area contributed by atoms with Crippen molar-refractivity contribution in [2.75, 3.05) is 11.9 Å². The van der Waals surface area contributed by atoms with Crippen molar-refractivity contribution in [1.29, 1.82) is 0 Å². The lowest BCUT2D eigenvalue weighted by Gasteiger charge is -2.06. The van der Waals surface area contributed by atoms with E-state index < -0.39 is 0 Å². The molecular formula is C20H17N5O2.